The van der Waals surface area contributed by atoms with Crippen LogP contribution in [0.1, 0.15) is 16.9 Å². The summed E-state index contributed by atoms with van der Waals surface area (Å²) in [4.78, 5) is 26.7. The number of nitrogen functional groups attached to an aromatic ring is 1. The summed E-state index contributed by atoms with van der Waals surface area (Å²) in [6.07, 6.45) is 0.244. The van der Waals surface area contributed by atoms with Gasteiger partial charge in [-0.05, 0) is 0 Å². The number of ether oxygens (including phenoxy) is 1. The molecule has 1 aliphatic heterocycles. The summed E-state index contributed by atoms with van der Waals surface area (Å²) in [5, 5.41) is 13.3. The fourth-order valence-corrected chi connectivity index (χ4v) is 2.10. The van der Waals surface area contributed by atoms with Crippen molar-refractivity contribution in [1.29, 1.82) is 0 Å². The van der Waals surface area contributed by atoms with Crippen LogP contribution in [0.5, 0.6) is 0 Å². The van der Waals surface area contributed by atoms with Gasteiger partial charge in [-0.2, -0.15) is 0 Å². The van der Waals surface area contributed by atoms with Crippen molar-refractivity contribution in [2.24, 2.45) is 0 Å². The van der Waals surface area contributed by atoms with Crippen LogP contribution in [0.3, 0.4) is 0 Å². The van der Waals surface area contributed by atoms with E-state index in [1.165, 1.54) is 5.38 Å². The zero-order valence-corrected chi connectivity index (χ0v) is 9.62. The third-order valence-corrected chi connectivity index (χ3v) is 3.21. The highest BCUT2D eigenvalue weighted by atomic mass is 32.1. The summed E-state index contributed by atoms with van der Waals surface area (Å²) in [7, 11) is 0. The first-order valence-electron chi connectivity index (χ1n) is 4.88. The molecular weight excluding hydrogens is 246 g/mol. The lowest BCUT2D eigenvalue weighted by Gasteiger charge is -2.22. The Morgan fingerprint density at radius 2 is 2.41 bits per heavy atom. The highest BCUT2D eigenvalue weighted by Gasteiger charge is 2.44. The predicted octanol–water partition coefficient (Wildman–Crippen LogP) is -0.301. The Bertz CT molecular complexity index is 453. The number of amides is 1. The molecule has 92 valence electrons. The van der Waals surface area contributed by atoms with Gasteiger partial charge in [-0.15, -0.1) is 11.3 Å². The molecule has 2 heterocycles. The molecule has 2 rings (SSSR count). The van der Waals surface area contributed by atoms with Gasteiger partial charge in [-0.1, -0.05) is 0 Å². The van der Waals surface area contributed by atoms with E-state index in [4.69, 9.17) is 15.6 Å². The maximum atomic E-state index is 11.8. The van der Waals surface area contributed by atoms with Crippen molar-refractivity contribution in [3.8, 4) is 0 Å². The van der Waals surface area contributed by atoms with Crippen molar-refractivity contribution in [1.82, 2.24) is 10.3 Å². The van der Waals surface area contributed by atoms with Crippen LogP contribution < -0.4 is 11.1 Å². The Morgan fingerprint density at radius 3 is 2.88 bits per heavy atom. The monoisotopic (exact) mass is 257 g/mol. The third-order valence-electron chi connectivity index (χ3n) is 2.54. The molecule has 0 spiro atoms. The molecule has 0 bridgehead atoms. The Hall–Kier alpha value is -1.67. The van der Waals surface area contributed by atoms with Gasteiger partial charge in [0.15, 0.2) is 10.7 Å². The van der Waals surface area contributed by atoms with E-state index in [0.29, 0.717) is 6.61 Å². The number of rotatable bonds is 3. The van der Waals surface area contributed by atoms with E-state index in [9.17, 15) is 9.59 Å². The molecule has 4 N–H and O–H groups in total. The Morgan fingerprint density at radius 1 is 1.65 bits per heavy atom. The first kappa shape index (κ1) is 11.8. The van der Waals surface area contributed by atoms with E-state index >= 15 is 0 Å². The van der Waals surface area contributed by atoms with Gasteiger partial charge in [0.2, 0.25) is 0 Å². The number of hydrogen-bond acceptors (Lipinski definition) is 6. The molecule has 7 nitrogen and oxygen atoms in total. The van der Waals surface area contributed by atoms with Crippen molar-refractivity contribution >= 4 is 28.3 Å². The first-order chi connectivity index (χ1) is 8.03. The molecule has 0 saturated carbocycles. The minimum Gasteiger partial charge on any atom is -0.479 e. The van der Waals surface area contributed by atoms with E-state index in [-0.39, 0.29) is 23.9 Å². The number of aliphatic carboxylic acids is 1. The Kier molecular flexibility index (Phi) is 2.99. The van der Waals surface area contributed by atoms with Gasteiger partial charge in [0.25, 0.3) is 5.91 Å². The second kappa shape index (κ2) is 4.30. The molecule has 8 heteroatoms. The summed E-state index contributed by atoms with van der Waals surface area (Å²) >= 11 is 1.13. The number of carboxylic acid groups (broad SMARTS) is 1. The molecular formula is C9H11N3O4S. The number of anilines is 1. The molecule has 1 aromatic heterocycles. The highest BCUT2D eigenvalue weighted by Crippen LogP contribution is 2.20. The number of nitrogens with zero attached hydrogens (tertiary/aromatic N) is 1. The number of nitrogens with one attached hydrogen (secondary N) is 1. The standard InChI is InChI=1S/C9H11N3O4S/c10-8-11-5(3-17-8)6(13)12-9(7(14)15)1-2-16-4-9/h3H,1-2,4H2,(H2,10,11)(H,12,13)(H,14,15). The van der Waals surface area contributed by atoms with Crippen LogP contribution >= 0.6 is 11.3 Å². The van der Waals surface area contributed by atoms with E-state index in [1.807, 2.05) is 0 Å². The summed E-state index contributed by atoms with van der Waals surface area (Å²) < 4.78 is 5.03. The molecule has 1 amide bonds. The quantitative estimate of drug-likeness (QED) is 0.684. The zero-order valence-electron chi connectivity index (χ0n) is 8.80. The fraction of sp³-hybridized carbons (Fsp3) is 0.444. The molecule has 1 saturated heterocycles. The molecule has 1 aliphatic rings. The van der Waals surface area contributed by atoms with Crippen molar-refractivity contribution < 1.29 is 19.4 Å². The smallest absolute Gasteiger partial charge is 0.331 e. The normalized spacial score (nSPS) is 23.5. The van der Waals surface area contributed by atoms with Gasteiger partial charge < -0.3 is 20.9 Å². The topological polar surface area (TPSA) is 115 Å². The Balaban J connectivity index is 2.14. The van der Waals surface area contributed by atoms with Gasteiger partial charge in [-0.25, -0.2) is 9.78 Å². The number of carboxylic acids is 1. The number of nitrogens with two attached hydrogens (primary N) is 1. The SMILES string of the molecule is Nc1nc(C(=O)NC2(C(=O)O)CCOC2)cs1. The van der Waals surface area contributed by atoms with Crippen molar-refractivity contribution in [3.05, 3.63) is 11.1 Å². The van der Waals surface area contributed by atoms with Gasteiger partial charge in [0.05, 0.1) is 6.61 Å². The fourth-order valence-electron chi connectivity index (χ4n) is 1.56. The number of aromatic nitrogens is 1. The third kappa shape index (κ3) is 2.22. The van der Waals surface area contributed by atoms with Crippen LogP contribution in [0, 0.1) is 0 Å². The number of hydrogen-bond donors (Lipinski definition) is 3. The zero-order chi connectivity index (χ0) is 12.5. The molecule has 0 aliphatic carbocycles. The summed E-state index contributed by atoms with van der Waals surface area (Å²) in [6, 6.07) is 0. The van der Waals surface area contributed by atoms with Crippen molar-refractivity contribution in [2.75, 3.05) is 18.9 Å². The molecule has 0 aromatic carbocycles. The maximum absolute atomic E-state index is 11.8. The minimum atomic E-state index is -1.35. The van der Waals surface area contributed by atoms with Crippen LogP contribution in [0.2, 0.25) is 0 Å². The summed E-state index contributed by atoms with van der Waals surface area (Å²) in [6.45, 7) is 0.277. The lowest BCUT2D eigenvalue weighted by Crippen LogP contribution is -2.55. The molecule has 1 aromatic rings. The van der Waals surface area contributed by atoms with E-state index in [2.05, 4.69) is 10.3 Å². The Labute approximate surface area is 101 Å². The van der Waals surface area contributed by atoms with E-state index in [1.54, 1.807) is 0 Å². The molecule has 17 heavy (non-hydrogen) atoms. The van der Waals surface area contributed by atoms with Crippen LogP contribution in [0.25, 0.3) is 0 Å². The van der Waals surface area contributed by atoms with Crippen molar-refractivity contribution in [3.63, 3.8) is 0 Å². The lowest BCUT2D eigenvalue weighted by molar-refractivity contribution is -0.144. The van der Waals surface area contributed by atoms with Gasteiger partial charge >= 0.3 is 5.97 Å². The average molecular weight is 257 g/mol. The first-order valence-corrected chi connectivity index (χ1v) is 5.76. The maximum Gasteiger partial charge on any atom is 0.331 e. The molecule has 0 radical (unpaired) electrons. The van der Waals surface area contributed by atoms with Crippen molar-refractivity contribution in [2.45, 2.75) is 12.0 Å². The van der Waals surface area contributed by atoms with Gasteiger partial charge in [-0.3, -0.25) is 4.79 Å². The highest BCUT2D eigenvalue weighted by molar-refractivity contribution is 7.13. The number of carbonyl (C=O) groups is 2. The molecule has 1 fully saturated rings. The van der Waals surface area contributed by atoms with Crippen LogP contribution in [-0.2, 0) is 9.53 Å². The van der Waals surface area contributed by atoms with Gasteiger partial charge in [0.1, 0.15) is 5.69 Å². The predicted molar refractivity (Wildman–Crippen MR) is 59.8 cm³/mol. The molecule has 1 atom stereocenters. The second-order valence-corrected chi connectivity index (χ2v) is 4.60. The lowest BCUT2D eigenvalue weighted by atomic mass is 9.99. The summed E-state index contributed by atoms with van der Waals surface area (Å²) in [5.74, 6) is -1.66. The molecule has 1 unspecified atom stereocenters. The average Bonchev–Trinajstić information content (AvgIpc) is 2.87. The second-order valence-electron chi connectivity index (χ2n) is 3.71. The van der Waals surface area contributed by atoms with Crippen LogP contribution in [0.4, 0.5) is 5.13 Å². The van der Waals surface area contributed by atoms with Gasteiger partial charge in [0, 0.05) is 18.4 Å². The largest absolute Gasteiger partial charge is 0.479 e. The van der Waals surface area contributed by atoms with E-state index < -0.39 is 17.4 Å². The van der Waals surface area contributed by atoms with Crippen LogP contribution in [0.15, 0.2) is 5.38 Å². The number of thiazole rings is 1. The minimum absolute atomic E-state index is 0.0340. The van der Waals surface area contributed by atoms with Crippen LogP contribution in [-0.4, -0.2) is 40.7 Å². The summed E-state index contributed by atoms with van der Waals surface area (Å²) in [5.41, 5.74) is 4.18. The number of carbonyl (C=O) groups excluding carboxylic acids is 1. The van der Waals surface area contributed by atoms with E-state index in [0.717, 1.165) is 11.3 Å².